The van der Waals surface area contributed by atoms with Crippen molar-refractivity contribution in [3.8, 4) is 0 Å². The Kier molecular flexibility index (Phi) is 7.45. The van der Waals surface area contributed by atoms with Crippen LogP contribution in [0, 0.1) is 0 Å². The van der Waals surface area contributed by atoms with Gasteiger partial charge in [-0.2, -0.15) is 0 Å². The Morgan fingerprint density at radius 3 is 2.30 bits per heavy atom. The summed E-state index contributed by atoms with van der Waals surface area (Å²) in [4.78, 5) is 12.7. The summed E-state index contributed by atoms with van der Waals surface area (Å²) in [6.45, 7) is 2.05. The number of aliphatic hydroxyl groups excluding tert-OH is 1. The Labute approximate surface area is 179 Å². The maximum atomic E-state index is 12.7. The lowest BCUT2D eigenvalue weighted by Crippen LogP contribution is -2.23. The van der Waals surface area contributed by atoms with Crippen LogP contribution in [0.1, 0.15) is 72.8 Å². The van der Waals surface area contributed by atoms with Crippen molar-refractivity contribution in [3.63, 3.8) is 0 Å². The van der Waals surface area contributed by atoms with Crippen LogP contribution in [0.5, 0.6) is 0 Å². The molecule has 3 unspecified atom stereocenters. The number of sulfonamides is 1. The molecule has 1 saturated carbocycles. The number of carbonyl (C=O) groups is 1. The molecule has 6 heteroatoms. The third-order valence-corrected chi connectivity index (χ3v) is 7.44. The van der Waals surface area contributed by atoms with E-state index in [-0.39, 0.29) is 23.4 Å². The van der Waals surface area contributed by atoms with E-state index in [1.807, 2.05) is 55.5 Å². The predicted molar refractivity (Wildman–Crippen MR) is 119 cm³/mol. The van der Waals surface area contributed by atoms with Crippen molar-refractivity contribution in [2.24, 2.45) is 0 Å². The predicted octanol–water partition coefficient (Wildman–Crippen LogP) is 3.84. The first kappa shape index (κ1) is 22.7. The van der Waals surface area contributed by atoms with Gasteiger partial charge in [0.1, 0.15) is 5.78 Å². The van der Waals surface area contributed by atoms with E-state index in [1.54, 1.807) is 0 Å². The summed E-state index contributed by atoms with van der Waals surface area (Å²) in [5, 5.41) is 10.2. The highest BCUT2D eigenvalue weighted by molar-refractivity contribution is 7.89. The Morgan fingerprint density at radius 2 is 1.70 bits per heavy atom. The fraction of sp³-hybridized carbons (Fsp3) is 0.458. The van der Waals surface area contributed by atoms with E-state index in [4.69, 9.17) is 0 Å². The van der Waals surface area contributed by atoms with Crippen molar-refractivity contribution in [1.29, 1.82) is 0 Å². The zero-order chi connectivity index (χ0) is 21.7. The minimum Gasteiger partial charge on any atom is -0.388 e. The van der Waals surface area contributed by atoms with Gasteiger partial charge in [0.25, 0.3) is 0 Å². The van der Waals surface area contributed by atoms with E-state index in [2.05, 4.69) is 4.72 Å². The average molecular weight is 430 g/mol. The average Bonchev–Trinajstić information content (AvgIpc) is 3.14. The first-order chi connectivity index (χ1) is 14.3. The van der Waals surface area contributed by atoms with Crippen LogP contribution in [0.25, 0.3) is 0 Å². The molecular formula is C24H31NO4S. The first-order valence-corrected chi connectivity index (χ1v) is 12.3. The summed E-state index contributed by atoms with van der Waals surface area (Å²) in [5.74, 6) is 0.270. The van der Waals surface area contributed by atoms with Crippen LogP contribution in [0.4, 0.5) is 0 Å². The lowest BCUT2D eigenvalue weighted by atomic mass is 9.83. The molecule has 3 rings (SSSR count). The van der Waals surface area contributed by atoms with Crippen LogP contribution < -0.4 is 4.72 Å². The van der Waals surface area contributed by atoms with Crippen molar-refractivity contribution >= 4 is 15.8 Å². The molecule has 0 heterocycles. The second-order valence-corrected chi connectivity index (χ2v) is 10.1. The van der Waals surface area contributed by atoms with E-state index in [0.29, 0.717) is 12.8 Å². The quantitative estimate of drug-likeness (QED) is 0.634. The molecular weight excluding hydrogens is 398 g/mol. The normalized spacial score (nSPS) is 20.4. The topological polar surface area (TPSA) is 83.5 Å². The molecule has 0 amide bonds. The van der Waals surface area contributed by atoms with Gasteiger partial charge in [0.2, 0.25) is 10.0 Å². The summed E-state index contributed by atoms with van der Waals surface area (Å²) < 4.78 is 25.6. The number of ketones is 1. The molecule has 30 heavy (non-hydrogen) atoms. The highest BCUT2D eigenvalue weighted by Gasteiger charge is 2.36. The minimum absolute atomic E-state index is 0.0591. The molecule has 1 aliphatic carbocycles. The summed E-state index contributed by atoms with van der Waals surface area (Å²) in [6, 6.07) is 15.8. The molecule has 5 nitrogen and oxygen atoms in total. The first-order valence-electron chi connectivity index (χ1n) is 10.6. The van der Waals surface area contributed by atoms with Crippen LogP contribution in [0.3, 0.4) is 0 Å². The lowest BCUT2D eigenvalue weighted by Gasteiger charge is -2.20. The van der Waals surface area contributed by atoms with E-state index in [0.717, 1.165) is 41.5 Å². The minimum atomic E-state index is -3.22. The van der Waals surface area contributed by atoms with E-state index in [9.17, 15) is 18.3 Å². The van der Waals surface area contributed by atoms with Crippen LogP contribution in [-0.4, -0.2) is 32.1 Å². The summed E-state index contributed by atoms with van der Waals surface area (Å²) in [6.07, 6.45) is 3.03. The Hall–Kier alpha value is -2.02. The van der Waals surface area contributed by atoms with Crippen molar-refractivity contribution in [3.05, 3.63) is 70.8 Å². The molecule has 1 fully saturated rings. The molecule has 162 valence electrons. The number of rotatable bonds is 9. The molecule has 0 radical (unpaired) electrons. The van der Waals surface area contributed by atoms with Crippen LogP contribution in [0.15, 0.2) is 48.5 Å². The summed E-state index contributed by atoms with van der Waals surface area (Å²) in [5.41, 5.74) is 3.97. The molecule has 0 aromatic heterocycles. The lowest BCUT2D eigenvalue weighted by molar-refractivity contribution is -0.118. The second-order valence-electron chi connectivity index (χ2n) is 8.07. The molecule has 0 saturated heterocycles. The van der Waals surface area contributed by atoms with Gasteiger partial charge in [-0.3, -0.25) is 4.79 Å². The third-order valence-electron chi connectivity index (χ3n) is 6.07. The van der Waals surface area contributed by atoms with Gasteiger partial charge in [-0.1, -0.05) is 61.9 Å². The SMILES string of the molecule is CCCC(O)c1ccc(C2C(=O)CCC2c2ccc(CCS(=O)(=O)NC)cc2)cc1. The molecule has 2 N–H and O–H groups in total. The van der Waals surface area contributed by atoms with Gasteiger partial charge in [-0.15, -0.1) is 0 Å². The van der Waals surface area contributed by atoms with Crippen LogP contribution in [0.2, 0.25) is 0 Å². The van der Waals surface area contributed by atoms with Gasteiger partial charge in [-0.05, 0) is 54.5 Å². The number of carbonyl (C=O) groups excluding carboxylic acids is 1. The molecule has 2 aromatic rings. The van der Waals surface area contributed by atoms with Crippen LogP contribution in [-0.2, 0) is 21.2 Å². The Morgan fingerprint density at radius 1 is 1.07 bits per heavy atom. The number of benzene rings is 2. The summed E-state index contributed by atoms with van der Waals surface area (Å²) >= 11 is 0. The fourth-order valence-corrected chi connectivity index (χ4v) is 4.98. The zero-order valence-electron chi connectivity index (χ0n) is 17.7. The molecule has 1 aliphatic rings. The molecule has 0 spiro atoms. The largest absolute Gasteiger partial charge is 0.388 e. The smallest absolute Gasteiger partial charge is 0.211 e. The van der Waals surface area contributed by atoms with Gasteiger partial charge in [-0.25, -0.2) is 13.1 Å². The van der Waals surface area contributed by atoms with Gasteiger partial charge >= 0.3 is 0 Å². The van der Waals surface area contributed by atoms with Crippen molar-refractivity contribution < 1.29 is 18.3 Å². The van der Waals surface area contributed by atoms with Gasteiger partial charge in [0, 0.05) is 12.3 Å². The third kappa shape index (κ3) is 5.36. The molecule has 3 atom stereocenters. The van der Waals surface area contributed by atoms with Crippen molar-refractivity contribution in [1.82, 2.24) is 4.72 Å². The van der Waals surface area contributed by atoms with Gasteiger partial charge in [0.15, 0.2) is 0 Å². The Balaban J connectivity index is 1.75. The van der Waals surface area contributed by atoms with Crippen molar-refractivity contribution in [2.75, 3.05) is 12.8 Å². The van der Waals surface area contributed by atoms with Gasteiger partial charge in [0.05, 0.1) is 11.9 Å². The van der Waals surface area contributed by atoms with Gasteiger partial charge < -0.3 is 5.11 Å². The highest BCUT2D eigenvalue weighted by atomic mass is 32.2. The van der Waals surface area contributed by atoms with Crippen LogP contribution >= 0.6 is 0 Å². The fourth-order valence-electron chi connectivity index (χ4n) is 4.27. The number of hydrogen-bond donors (Lipinski definition) is 2. The van der Waals surface area contributed by atoms with E-state index < -0.39 is 16.1 Å². The molecule has 0 bridgehead atoms. The second kappa shape index (κ2) is 9.86. The van der Waals surface area contributed by atoms with E-state index in [1.165, 1.54) is 7.05 Å². The number of Topliss-reactive ketones (excluding diaryl/α,β-unsaturated/α-hetero) is 1. The number of aliphatic hydroxyl groups is 1. The van der Waals surface area contributed by atoms with Crippen molar-refractivity contribution in [2.45, 2.75) is 57.0 Å². The number of hydrogen-bond acceptors (Lipinski definition) is 4. The monoisotopic (exact) mass is 429 g/mol. The molecule has 0 aliphatic heterocycles. The number of nitrogens with one attached hydrogen (secondary N) is 1. The summed E-state index contributed by atoms with van der Waals surface area (Å²) in [7, 11) is -1.80. The molecule has 2 aromatic carbocycles. The standard InChI is InChI=1S/C24H31NO4S/c1-3-4-22(26)19-9-11-20(12-10-19)24-21(13-14-23(24)27)18-7-5-17(6-8-18)15-16-30(28,29)25-2/h5-12,21-22,24-26H,3-4,13-16H2,1-2H3. The zero-order valence-corrected chi connectivity index (χ0v) is 18.5. The maximum absolute atomic E-state index is 12.7. The highest BCUT2D eigenvalue weighted by Crippen LogP contribution is 2.44. The maximum Gasteiger partial charge on any atom is 0.211 e. The van der Waals surface area contributed by atoms with E-state index >= 15 is 0 Å². The number of aryl methyl sites for hydroxylation is 1. The Bertz CT molecular complexity index is 952.